The number of halogens is 2. The normalized spacial score (nSPS) is 16.5. The lowest BCUT2D eigenvalue weighted by Crippen LogP contribution is -2.19. The van der Waals surface area contributed by atoms with E-state index in [9.17, 15) is 4.39 Å². The van der Waals surface area contributed by atoms with Crippen molar-refractivity contribution in [2.45, 2.75) is 31.2 Å². The first-order valence-electron chi connectivity index (χ1n) is 7.41. The lowest BCUT2D eigenvalue weighted by atomic mass is 9.79. The molecule has 1 atom stereocenters. The second kappa shape index (κ2) is 6.17. The number of hydrogen-bond donors (Lipinski definition) is 1. The van der Waals surface area contributed by atoms with E-state index in [0.717, 1.165) is 5.56 Å². The molecule has 1 aliphatic rings. The SMILES string of the molecule is CNC(c1ccc(C2CCC2)cc1)c1c(F)cccc1Cl. The third kappa shape index (κ3) is 2.83. The molecule has 1 fully saturated rings. The minimum absolute atomic E-state index is 0.228. The summed E-state index contributed by atoms with van der Waals surface area (Å²) >= 11 is 6.19. The summed E-state index contributed by atoms with van der Waals surface area (Å²) in [4.78, 5) is 0. The molecule has 0 bridgehead atoms. The molecule has 1 N–H and O–H groups in total. The van der Waals surface area contributed by atoms with Crippen LogP contribution >= 0.6 is 11.6 Å². The standard InChI is InChI=1S/C18H19ClFN/c1-21-18(17-15(19)6-3-7-16(17)20)14-10-8-13(9-11-14)12-4-2-5-12/h3,6-12,18,21H,2,4-5H2,1H3. The summed E-state index contributed by atoms with van der Waals surface area (Å²) in [5.74, 6) is 0.439. The Morgan fingerprint density at radius 3 is 2.38 bits per heavy atom. The fourth-order valence-corrected chi connectivity index (χ4v) is 3.24. The number of nitrogens with one attached hydrogen (secondary N) is 1. The van der Waals surface area contributed by atoms with E-state index in [-0.39, 0.29) is 11.9 Å². The molecule has 0 spiro atoms. The summed E-state index contributed by atoms with van der Waals surface area (Å²) in [5, 5.41) is 3.62. The zero-order valence-corrected chi connectivity index (χ0v) is 12.8. The van der Waals surface area contributed by atoms with Crippen LogP contribution in [0.1, 0.15) is 47.9 Å². The fourth-order valence-electron chi connectivity index (χ4n) is 2.97. The van der Waals surface area contributed by atoms with E-state index in [0.29, 0.717) is 16.5 Å². The van der Waals surface area contributed by atoms with Crippen LogP contribution in [-0.4, -0.2) is 7.05 Å². The Balaban J connectivity index is 1.92. The van der Waals surface area contributed by atoms with Crippen LogP contribution in [0.5, 0.6) is 0 Å². The maximum Gasteiger partial charge on any atom is 0.129 e. The zero-order chi connectivity index (χ0) is 14.8. The summed E-state index contributed by atoms with van der Waals surface area (Å²) in [7, 11) is 1.83. The van der Waals surface area contributed by atoms with Crippen LogP contribution in [0.25, 0.3) is 0 Å². The molecule has 0 aliphatic heterocycles. The molecule has 1 saturated carbocycles. The van der Waals surface area contributed by atoms with E-state index in [1.54, 1.807) is 12.1 Å². The molecule has 2 aromatic rings. The lowest BCUT2D eigenvalue weighted by Gasteiger charge is -2.26. The Hall–Kier alpha value is -1.38. The van der Waals surface area contributed by atoms with Gasteiger partial charge in [-0.1, -0.05) is 48.4 Å². The molecule has 3 heteroatoms. The van der Waals surface area contributed by atoms with Gasteiger partial charge in [-0.25, -0.2) is 4.39 Å². The topological polar surface area (TPSA) is 12.0 Å². The fraction of sp³-hybridized carbons (Fsp3) is 0.333. The van der Waals surface area contributed by atoms with Crippen LogP contribution in [0.3, 0.4) is 0 Å². The summed E-state index contributed by atoms with van der Waals surface area (Å²) in [5.41, 5.74) is 2.94. The van der Waals surface area contributed by atoms with E-state index in [2.05, 4.69) is 29.6 Å². The molecule has 0 saturated heterocycles. The lowest BCUT2D eigenvalue weighted by molar-refractivity contribution is 0.419. The second-order valence-corrected chi connectivity index (χ2v) is 6.06. The van der Waals surface area contributed by atoms with Gasteiger partial charge in [0.05, 0.1) is 6.04 Å². The summed E-state index contributed by atoms with van der Waals surface area (Å²) in [6.45, 7) is 0. The Kier molecular flexibility index (Phi) is 4.27. The van der Waals surface area contributed by atoms with E-state index in [1.165, 1.54) is 30.9 Å². The molecule has 1 aliphatic carbocycles. The van der Waals surface area contributed by atoms with Gasteiger partial charge in [-0.2, -0.15) is 0 Å². The van der Waals surface area contributed by atoms with Gasteiger partial charge in [-0.15, -0.1) is 0 Å². The van der Waals surface area contributed by atoms with Crippen molar-refractivity contribution in [2.24, 2.45) is 0 Å². The minimum Gasteiger partial charge on any atom is -0.309 e. The Labute approximate surface area is 130 Å². The minimum atomic E-state index is -0.273. The Morgan fingerprint density at radius 1 is 1.14 bits per heavy atom. The van der Waals surface area contributed by atoms with Gasteiger partial charge in [0.15, 0.2) is 0 Å². The van der Waals surface area contributed by atoms with E-state index < -0.39 is 0 Å². The molecule has 0 heterocycles. The summed E-state index contributed by atoms with van der Waals surface area (Å²) in [6, 6.07) is 13.1. The van der Waals surface area contributed by atoms with Crippen LogP contribution in [-0.2, 0) is 0 Å². The second-order valence-electron chi connectivity index (χ2n) is 5.65. The molecule has 1 nitrogen and oxygen atoms in total. The molecule has 110 valence electrons. The smallest absolute Gasteiger partial charge is 0.129 e. The van der Waals surface area contributed by atoms with Crippen molar-refractivity contribution in [3.05, 3.63) is 70.0 Å². The number of rotatable bonds is 4. The third-order valence-electron chi connectivity index (χ3n) is 4.42. The maximum absolute atomic E-state index is 14.1. The average Bonchev–Trinajstić information content (AvgIpc) is 2.42. The van der Waals surface area contributed by atoms with Gasteiger partial charge < -0.3 is 5.32 Å². The van der Waals surface area contributed by atoms with Gasteiger partial charge in [0.2, 0.25) is 0 Å². The molecule has 0 amide bonds. The van der Waals surface area contributed by atoms with Crippen molar-refractivity contribution < 1.29 is 4.39 Å². The number of benzene rings is 2. The molecule has 2 aromatic carbocycles. The molecule has 1 unspecified atom stereocenters. The molecular weight excluding hydrogens is 285 g/mol. The number of hydrogen-bond acceptors (Lipinski definition) is 1. The van der Waals surface area contributed by atoms with Crippen molar-refractivity contribution in [3.8, 4) is 0 Å². The molecular formula is C18H19ClFN. The first-order valence-corrected chi connectivity index (χ1v) is 7.79. The largest absolute Gasteiger partial charge is 0.309 e. The average molecular weight is 304 g/mol. The van der Waals surface area contributed by atoms with Crippen molar-refractivity contribution in [1.29, 1.82) is 0 Å². The van der Waals surface area contributed by atoms with Gasteiger partial charge in [0, 0.05) is 10.6 Å². The first-order chi connectivity index (χ1) is 10.2. The molecule has 21 heavy (non-hydrogen) atoms. The van der Waals surface area contributed by atoms with Crippen molar-refractivity contribution >= 4 is 11.6 Å². The van der Waals surface area contributed by atoms with Crippen LogP contribution in [0.15, 0.2) is 42.5 Å². The zero-order valence-electron chi connectivity index (χ0n) is 12.1. The predicted octanol–water partition coefficient (Wildman–Crippen LogP) is 5.06. The van der Waals surface area contributed by atoms with Gasteiger partial charge in [0.1, 0.15) is 5.82 Å². The van der Waals surface area contributed by atoms with Crippen LogP contribution in [0.2, 0.25) is 5.02 Å². The highest BCUT2D eigenvalue weighted by Crippen LogP contribution is 2.37. The van der Waals surface area contributed by atoms with Crippen molar-refractivity contribution in [1.82, 2.24) is 5.32 Å². The summed E-state index contributed by atoms with van der Waals surface area (Å²) in [6.07, 6.45) is 3.90. The van der Waals surface area contributed by atoms with E-state index >= 15 is 0 Å². The van der Waals surface area contributed by atoms with Crippen LogP contribution in [0.4, 0.5) is 4.39 Å². The highest BCUT2D eigenvalue weighted by atomic mass is 35.5. The Bertz CT molecular complexity index is 599. The van der Waals surface area contributed by atoms with Gasteiger partial charge in [0.25, 0.3) is 0 Å². The van der Waals surface area contributed by atoms with Crippen molar-refractivity contribution in [2.75, 3.05) is 7.05 Å². The molecule has 0 aromatic heterocycles. The van der Waals surface area contributed by atoms with Crippen molar-refractivity contribution in [3.63, 3.8) is 0 Å². The van der Waals surface area contributed by atoms with Crippen LogP contribution < -0.4 is 5.32 Å². The van der Waals surface area contributed by atoms with E-state index in [1.807, 2.05) is 7.05 Å². The van der Waals surface area contributed by atoms with Gasteiger partial charge in [-0.05, 0) is 49.1 Å². The third-order valence-corrected chi connectivity index (χ3v) is 4.75. The molecule has 3 rings (SSSR count). The highest BCUT2D eigenvalue weighted by molar-refractivity contribution is 6.31. The first kappa shape index (κ1) is 14.6. The highest BCUT2D eigenvalue weighted by Gasteiger charge is 2.22. The van der Waals surface area contributed by atoms with Crippen LogP contribution in [0, 0.1) is 5.82 Å². The summed E-state index contributed by atoms with van der Waals surface area (Å²) < 4.78 is 14.1. The van der Waals surface area contributed by atoms with Gasteiger partial charge in [-0.3, -0.25) is 0 Å². The van der Waals surface area contributed by atoms with E-state index in [4.69, 9.17) is 11.6 Å². The maximum atomic E-state index is 14.1. The quantitative estimate of drug-likeness (QED) is 0.833. The Morgan fingerprint density at radius 2 is 1.86 bits per heavy atom. The van der Waals surface area contributed by atoms with Gasteiger partial charge >= 0.3 is 0 Å². The monoisotopic (exact) mass is 303 g/mol. The molecule has 0 radical (unpaired) electrons. The predicted molar refractivity (Wildman–Crippen MR) is 85.3 cm³/mol.